The third-order valence-corrected chi connectivity index (χ3v) is 6.08. The van der Waals surface area contributed by atoms with E-state index in [1.165, 1.54) is 12.1 Å². The van der Waals surface area contributed by atoms with Gasteiger partial charge in [-0.1, -0.05) is 12.8 Å². The van der Waals surface area contributed by atoms with Gasteiger partial charge in [0, 0.05) is 17.5 Å². The normalized spacial score (nSPS) is 20.4. The van der Waals surface area contributed by atoms with Crippen LogP contribution in [-0.2, 0) is 10.0 Å². The Labute approximate surface area is 129 Å². The highest BCUT2D eigenvalue weighted by atomic mass is 35.5. The average Bonchev–Trinajstić information content (AvgIpc) is 2.95. The standard InChI is InChI=1S/C14H18ClNO4S/c15-10-14(5-1-2-6-14)16-21(17,18)11-3-4-12-13(9-11)20-8-7-19-12/h3-4,9,16H,1-2,5-8,10H2. The zero-order valence-corrected chi connectivity index (χ0v) is 13.2. The predicted molar refractivity (Wildman–Crippen MR) is 79.7 cm³/mol. The molecule has 0 atom stereocenters. The maximum Gasteiger partial charge on any atom is 0.241 e. The van der Waals surface area contributed by atoms with Crippen LogP contribution in [0.15, 0.2) is 23.1 Å². The summed E-state index contributed by atoms with van der Waals surface area (Å²) >= 11 is 6.00. The number of nitrogens with one attached hydrogen (secondary N) is 1. The lowest BCUT2D eigenvalue weighted by atomic mass is 10.0. The quantitative estimate of drug-likeness (QED) is 0.860. The molecule has 21 heavy (non-hydrogen) atoms. The molecule has 0 aromatic heterocycles. The Hall–Kier alpha value is -0.980. The summed E-state index contributed by atoms with van der Waals surface area (Å²) in [5.74, 6) is 1.33. The van der Waals surface area contributed by atoms with Crippen molar-refractivity contribution in [3.63, 3.8) is 0 Å². The number of fused-ring (bicyclic) bond motifs is 1. The molecule has 1 N–H and O–H groups in total. The molecule has 116 valence electrons. The van der Waals surface area contributed by atoms with Gasteiger partial charge in [0.1, 0.15) is 13.2 Å². The van der Waals surface area contributed by atoms with E-state index < -0.39 is 15.6 Å². The lowest BCUT2D eigenvalue weighted by Gasteiger charge is -2.27. The van der Waals surface area contributed by atoms with Crippen molar-refractivity contribution in [2.45, 2.75) is 36.1 Å². The number of hydrogen-bond donors (Lipinski definition) is 1. The lowest BCUT2D eigenvalue weighted by Crippen LogP contribution is -2.47. The molecule has 1 heterocycles. The molecule has 1 aliphatic carbocycles. The number of ether oxygens (including phenoxy) is 2. The molecule has 3 rings (SSSR count). The smallest absolute Gasteiger partial charge is 0.241 e. The molecule has 7 heteroatoms. The van der Waals surface area contributed by atoms with E-state index in [1.807, 2.05) is 0 Å². The van der Waals surface area contributed by atoms with Crippen LogP contribution in [0.2, 0.25) is 0 Å². The molecule has 0 radical (unpaired) electrons. The van der Waals surface area contributed by atoms with Crippen LogP contribution in [-0.4, -0.2) is 33.1 Å². The van der Waals surface area contributed by atoms with Crippen molar-refractivity contribution in [2.24, 2.45) is 0 Å². The maximum atomic E-state index is 12.6. The number of benzene rings is 1. The second-order valence-electron chi connectivity index (χ2n) is 5.53. The number of sulfonamides is 1. The molecule has 2 aliphatic rings. The van der Waals surface area contributed by atoms with Gasteiger partial charge in [-0.25, -0.2) is 13.1 Å². The fraction of sp³-hybridized carbons (Fsp3) is 0.571. The van der Waals surface area contributed by atoms with Crippen LogP contribution >= 0.6 is 11.6 Å². The molecule has 0 unspecified atom stereocenters. The SMILES string of the molecule is O=S(=O)(NC1(CCl)CCCC1)c1ccc2c(c1)OCCO2. The first-order valence-corrected chi connectivity index (χ1v) is 9.06. The first-order chi connectivity index (χ1) is 10.0. The molecule has 1 saturated carbocycles. The Morgan fingerprint density at radius 3 is 2.48 bits per heavy atom. The van der Waals surface area contributed by atoms with E-state index >= 15 is 0 Å². The Morgan fingerprint density at radius 1 is 1.14 bits per heavy atom. The van der Waals surface area contributed by atoms with Gasteiger partial charge in [0.15, 0.2) is 11.5 Å². The molecule has 0 saturated heterocycles. The van der Waals surface area contributed by atoms with Gasteiger partial charge in [-0.3, -0.25) is 0 Å². The van der Waals surface area contributed by atoms with E-state index in [1.54, 1.807) is 6.07 Å². The van der Waals surface area contributed by atoms with Crippen molar-refractivity contribution in [3.05, 3.63) is 18.2 Å². The highest BCUT2D eigenvalue weighted by Crippen LogP contribution is 2.35. The van der Waals surface area contributed by atoms with Crippen molar-refractivity contribution in [3.8, 4) is 11.5 Å². The van der Waals surface area contributed by atoms with Crippen molar-refractivity contribution in [1.29, 1.82) is 0 Å². The number of hydrogen-bond acceptors (Lipinski definition) is 4. The number of halogens is 1. The summed E-state index contributed by atoms with van der Waals surface area (Å²) in [6.07, 6.45) is 3.55. The van der Waals surface area contributed by atoms with E-state index in [-0.39, 0.29) is 10.8 Å². The van der Waals surface area contributed by atoms with E-state index in [9.17, 15) is 8.42 Å². The van der Waals surface area contributed by atoms with E-state index in [4.69, 9.17) is 21.1 Å². The third kappa shape index (κ3) is 2.98. The van der Waals surface area contributed by atoms with E-state index in [0.29, 0.717) is 24.7 Å². The topological polar surface area (TPSA) is 64.6 Å². The summed E-state index contributed by atoms with van der Waals surface area (Å²) in [5, 5.41) is 0. The number of rotatable bonds is 4. The van der Waals surface area contributed by atoms with Crippen LogP contribution in [0.4, 0.5) is 0 Å². The minimum Gasteiger partial charge on any atom is -0.486 e. The molecular formula is C14H18ClNO4S. The number of alkyl halides is 1. The first-order valence-electron chi connectivity index (χ1n) is 7.04. The summed E-state index contributed by atoms with van der Waals surface area (Å²) < 4.78 is 38.8. The average molecular weight is 332 g/mol. The van der Waals surface area contributed by atoms with Crippen LogP contribution in [0.25, 0.3) is 0 Å². The van der Waals surface area contributed by atoms with Crippen LogP contribution < -0.4 is 14.2 Å². The van der Waals surface area contributed by atoms with Crippen molar-refractivity contribution in [1.82, 2.24) is 4.72 Å². The van der Waals surface area contributed by atoms with Gasteiger partial charge < -0.3 is 9.47 Å². The molecular weight excluding hydrogens is 314 g/mol. The van der Waals surface area contributed by atoms with Gasteiger partial charge in [0.2, 0.25) is 10.0 Å². The largest absolute Gasteiger partial charge is 0.486 e. The van der Waals surface area contributed by atoms with Gasteiger partial charge in [0.25, 0.3) is 0 Å². The van der Waals surface area contributed by atoms with Crippen molar-refractivity contribution in [2.75, 3.05) is 19.1 Å². The van der Waals surface area contributed by atoms with Gasteiger partial charge in [-0.2, -0.15) is 0 Å². The monoisotopic (exact) mass is 331 g/mol. The van der Waals surface area contributed by atoms with Crippen LogP contribution in [0.5, 0.6) is 11.5 Å². The van der Waals surface area contributed by atoms with Crippen molar-refractivity contribution >= 4 is 21.6 Å². The molecule has 0 bridgehead atoms. The lowest BCUT2D eigenvalue weighted by molar-refractivity contribution is 0.171. The van der Waals surface area contributed by atoms with Crippen molar-refractivity contribution < 1.29 is 17.9 Å². The molecule has 1 fully saturated rings. The molecule has 1 aromatic carbocycles. The van der Waals surface area contributed by atoms with E-state index in [0.717, 1.165) is 25.7 Å². The van der Waals surface area contributed by atoms with Crippen LogP contribution in [0.3, 0.4) is 0 Å². The summed E-state index contributed by atoms with van der Waals surface area (Å²) in [6, 6.07) is 4.67. The zero-order chi connectivity index (χ0) is 14.9. The van der Waals surface area contributed by atoms with Gasteiger partial charge in [-0.15, -0.1) is 11.6 Å². The van der Waals surface area contributed by atoms with Crippen LogP contribution in [0, 0.1) is 0 Å². The van der Waals surface area contributed by atoms with Gasteiger partial charge in [-0.05, 0) is 25.0 Å². The highest BCUT2D eigenvalue weighted by Gasteiger charge is 2.37. The zero-order valence-electron chi connectivity index (χ0n) is 11.6. The Bertz CT molecular complexity index is 626. The van der Waals surface area contributed by atoms with E-state index in [2.05, 4.69) is 4.72 Å². The minimum atomic E-state index is -3.62. The second kappa shape index (κ2) is 5.66. The molecule has 1 aliphatic heterocycles. The van der Waals surface area contributed by atoms with Crippen LogP contribution in [0.1, 0.15) is 25.7 Å². The highest BCUT2D eigenvalue weighted by molar-refractivity contribution is 7.89. The Kier molecular flexibility index (Phi) is 4.03. The maximum absolute atomic E-state index is 12.6. The molecule has 0 amide bonds. The summed E-state index contributed by atoms with van der Waals surface area (Å²) in [7, 11) is -3.62. The summed E-state index contributed by atoms with van der Waals surface area (Å²) in [6.45, 7) is 0.905. The molecule has 5 nitrogen and oxygen atoms in total. The Morgan fingerprint density at radius 2 is 1.81 bits per heavy atom. The van der Waals surface area contributed by atoms with Gasteiger partial charge in [0.05, 0.1) is 4.90 Å². The second-order valence-corrected chi connectivity index (χ2v) is 7.48. The van der Waals surface area contributed by atoms with Gasteiger partial charge >= 0.3 is 0 Å². The fourth-order valence-electron chi connectivity index (χ4n) is 2.85. The predicted octanol–water partition coefficient (Wildman–Crippen LogP) is 2.29. The summed E-state index contributed by atoms with van der Waals surface area (Å²) in [4.78, 5) is 0.183. The minimum absolute atomic E-state index is 0.183. The molecule has 1 aromatic rings. The fourth-order valence-corrected chi connectivity index (χ4v) is 4.74. The Balaban J connectivity index is 1.88. The molecule has 0 spiro atoms. The third-order valence-electron chi connectivity index (χ3n) is 3.99. The summed E-state index contributed by atoms with van der Waals surface area (Å²) in [5.41, 5.74) is -0.520. The first kappa shape index (κ1) is 14.9.